The van der Waals surface area contributed by atoms with E-state index < -0.39 is 5.97 Å². The van der Waals surface area contributed by atoms with E-state index in [0.717, 1.165) is 23.7 Å². The Morgan fingerprint density at radius 3 is 2.37 bits per heavy atom. The first-order chi connectivity index (χ1) is 8.88. The molecule has 1 aromatic rings. The molecule has 1 unspecified atom stereocenters. The van der Waals surface area contributed by atoms with E-state index in [1.165, 1.54) is 6.08 Å². The zero-order valence-electron chi connectivity index (χ0n) is 11.0. The number of aliphatic carboxylic acids is 1. The predicted octanol–water partition coefficient (Wildman–Crippen LogP) is 2.77. The Hall–Kier alpha value is -2.10. The lowest BCUT2D eigenvalue weighted by Crippen LogP contribution is -2.16. The zero-order chi connectivity index (χ0) is 14.0. The summed E-state index contributed by atoms with van der Waals surface area (Å²) in [7, 11) is 0. The van der Waals surface area contributed by atoms with Gasteiger partial charge in [0.05, 0.1) is 0 Å². The van der Waals surface area contributed by atoms with Gasteiger partial charge in [0.25, 0.3) is 0 Å². The molecular formula is C15H17NO3. The van der Waals surface area contributed by atoms with Gasteiger partial charge in [-0.25, -0.2) is 4.79 Å². The molecule has 0 radical (unpaired) electrons. The van der Waals surface area contributed by atoms with Crippen molar-refractivity contribution in [3.8, 4) is 0 Å². The van der Waals surface area contributed by atoms with Crippen LogP contribution >= 0.6 is 0 Å². The van der Waals surface area contributed by atoms with E-state index in [-0.39, 0.29) is 17.2 Å². The molecule has 1 aliphatic carbocycles. The van der Waals surface area contributed by atoms with Crippen LogP contribution in [0.4, 0.5) is 5.69 Å². The highest BCUT2D eigenvalue weighted by Crippen LogP contribution is 2.51. The van der Waals surface area contributed by atoms with Gasteiger partial charge in [0.2, 0.25) is 5.91 Å². The molecule has 100 valence electrons. The van der Waals surface area contributed by atoms with Crippen LogP contribution in [0, 0.1) is 11.3 Å². The van der Waals surface area contributed by atoms with Crippen LogP contribution in [0.5, 0.6) is 0 Å². The van der Waals surface area contributed by atoms with E-state index in [1.54, 1.807) is 24.3 Å². The molecule has 1 amide bonds. The zero-order valence-corrected chi connectivity index (χ0v) is 11.0. The largest absolute Gasteiger partial charge is 0.478 e. The molecule has 1 atom stereocenters. The average Bonchev–Trinajstić information content (AvgIpc) is 2.98. The number of carbonyl (C=O) groups excluding carboxylic acids is 1. The summed E-state index contributed by atoms with van der Waals surface area (Å²) in [4.78, 5) is 22.3. The van der Waals surface area contributed by atoms with Crippen LogP contribution in [0.1, 0.15) is 25.8 Å². The van der Waals surface area contributed by atoms with Gasteiger partial charge in [0.1, 0.15) is 0 Å². The van der Waals surface area contributed by atoms with Crippen molar-refractivity contribution in [2.24, 2.45) is 11.3 Å². The maximum Gasteiger partial charge on any atom is 0.328 e. The highest BCUT2D eigenvalue weighted by molar-refractivity contribution is 5.95. The van der Waals surface area contributed by atoms with Crippen LogP contribution in [0.2, 0.25) is 0 Å². The van der Waals surface area contributed by atoms with Crippen LogP contribution in [0.15, 0.2) is 30.3 Å². The van der Waals surface area contributed by atoms with Crippen LogP contribution < -0.4 is 5.32 Å². The highest BCUT2D eigenvalue weighted by atomic mass is 16.4. The summed E-state index contributed by atoms with van der Waals surface area (Å²) in [6.45, 7) is 4.16. The minimum absolute atomic E-state index is 0.0545. The summed E-state index contributed by atoms with van der Waals surface area (Å²) in [5.41, 5.74) is 1.64. The molecule has 1 aromatic carbocycles. The summed E-state index contributed by atoms with van der Waals surface area (Å²) in [6, 6.07) is 7.09. The molecule has 4 nitrogen and oxygen atoms in total. The van der Waals surface area contributed by atoms with Gasteiger partial charge in [-0.3, -0.25) is 4.79 Å². The fraction of sp³-hybridized carbons (Fsp3) is 0.333. The second-order valence-electron chi connectivity index (χ2n) is 5.53. The summed E-state index contributed by atoms with van der Waals surface area (Å²) < 4.78 is 0. The number of rotatable bonds is 4. The fourth-order valence-electron chi connectivity index (χ4n) is 1.99. The number of carbonyl (C=O) groups is 2. The minimum Gasteiger partial charge on any atom is -0.478 e. The van der Waals surface area contributed by atoms with Crippen molar-refractivity contribution in [2.45, 2.75) is 20.3 Å². The third-order valence-electron chi connectivity index (χ3n) is 3.43. The Bertz CT molecular complexity index is 529. The lowest BCUT2D eigenvalue weighted by molar-refractivity contribution is -0.131. The third-order valence-corrected chi connectivity index (χ3v) is 3.43. The first-order valence-electron chi connectivity index (χ1n) is 6.20. The monoisotopic (exact) mass is 259 g/mol. The van der Waals surface area contributed by atoms with Crippen molar-refractivity contribution in [3.05, 3.63) is 35.9 Å². The van der Waals surface area contributed by atoms with Gasteiger partial charge < -0.3 is 10.4 Å². The van der Waals surface area contributed by atoms with Gasteiger partial charge in [-0.15, -0.1) is 0 Å². The molecule has 0 aliphatic heterocycles. The standard InChI is InChI=1S/C15H17NO3/c1-15(2)9-12(15)14(19)16-11-6-3-10(4-7-11)5-8-13(17)18/h3-8,12H,9H2,1-2H3,(H,16,19)(H,17,18)/b8-5+. The van der Waals surface area contributed by atoms with E-state index in [0.29, 0.717) is 0 Å². The fourth-order valence-corrected chi connectivity index (χ4v) is 1.99. The predicted molar refractivity (Wildman–Crippen MR) is 73.6 cm³/mol. The smallest absolute Gasteiger partial charge is 0.328 e. The van der Waals surface area contributed by atoms with Crippen LogP contribution in [-0.2, 0) is 9.59 Å². The van der Waals surface area contributed by atoms with E-state index in [9.17, 15) is 9.59 Å². The van der Waals surface area contributed by atoms with Crippen LogP contribution in [-0.4, -0.2) is 17.0 Å². The molecule has 0 spiro atoms. The molecule has 0 heterocycles. The minimum atomic E-state index is -0.978. The highest BCUT2D eigenvalue weighted by Gasteiger charge is 2.50. The number of carboxylic acids is 1. The van der Waals surface area contributed by atoms with E-state index in [4.69, 9.17) is 5.11 Å². The summed E-state index contributed by atoms with van der Waals surface area (Å²) in [5, 5.41) is 11.4. The Morgan fingerprint density at radius 1 is 1.32 bits per heavy atom. The van der Waals surface area contributed by atoms with Crippen molar-refractivity contribution in [1.29, 1.82) is 0 Å². The first kappa shape index (κ1) is 13.3. The Morgan fingerprint density at radius 2 is 1.89 bits per heavy atom. The number of nitrogens with one attached hydrogen (secondary N) is 1. The molecule has 0 aromatic heterocycles. The van der Waals surface area contributed by atoms with Crippen molar-refractivity contribution >= 4 is 23.6 Å². The number of carboxylic acid groups (broad SMARTS) is 1. The van der Waals surface area contributed by atoms with Crippen molar-refractivity contribution < 1.29 is 14.7 Å². The Kier molecular flexibility index (Phi) is 3.42. The van der Waals surface area contributed by atoms with Gasteiger partial charge in [-0.05, 0) is 35.6 Å². The molecular weight excluding hydrogens is 242 g/mol. The maximum atomic E-state index is 11.9. The Labute approximate surface area is 112 Å². The number of amides is 1. The normalized spacial score (nSPS) is 20.2. The van der Waals surface area contributed by atoms with Gasteiger partial charge in [0, 0.05) is 17.7 Å². The maximum absolute atomic E-state index is 11.9. The quantitative estimate of drug-likeness (QED) is 0.817. The van der Waals surface area contributed by atoms with Gasteiger partial charge in [0.15, 0.2) is 0 Å². The van der Waals surface area contributed by atoms with E-state index in [2.05, 4.69) is 19.2 Å². The molecule has 1 saturated carbocycles. The second-order valence-corrected chi connectivity index (χ2v) is 5.53. The number of hydrogen-bond donors (Lipinski definition) is 2. The molecule has 1 aliphatic rings. The lowest BCUT2D eigenvalue weighted by atomic mass is 10.1. The molecule has 0 saturated heterocycles. The molecule has 2 N–H and O–H groups in total. The first-order valence-corrected chi connectivity index (χ1v) is 6.20. The third kappa shape index (κ3) is 3.44. The number of anilines is 1. The number of benzene rings is 1. The van der Waals surface area contributed by atoms with E-state index in [1.807, 2.05) is 0 Å². The van der Waals surface area contributed by atoms with Crippen molar-refractivity contribution in [2.75, 3.05) is 5.32 Å². The van der Waals surface area contributed by atoms with Crippen LogP contribution in [0.25, 0.3) is 6.08 Å². The molecule has 19 heavy (non-hydrogen) atoms. The molecule has 1 fully saturated rings. The van der Waals surface area contributed by atoms with Gasteiger partial charge in [-0.1, -0.05) is 26.0 Å². The van der Waals surface area contributed by atoms with Crippen LogP contribution in [0.3, 0.4) is 0 Å². The Balaban J connectivity index is 1.96. The van der Waals surface area contributed by atoms with Crippen molar-refractivity contribution in [3.63, 3.8) is 0 Å². The molecule has 0 bridgehead atoms. The average molecular weight is 259 g/mol. The number of hydrogen-bond acceptors (Lipinski definition) is 2. The molecule has 2 rings (SSSR count). The van der Waals surface area contributed by atoms with Gasteiger partial charge in [-0.2, -0.15) is 0 Å². The van der Waals surface area contributed by atoms with Gasteiger partial charge >= 0.3 is 5.97 Å². The van der Waals surface area contributed by atoms with E-state index >= 15 is 0 Å². The summed E-state index contributed by atoms with van der Waals surface area (Å²) in [5.74, 6) is -0.828. The van der Waals surface area contributed by atoms with Crippen molar-refractivity contribution in [1.82, 2.24) is 0 Å². The topological polar surface area (TPSA) is 66.4 Å². The molecule has 4 heteroatoms. The summed E-state index contributed by atoms with van der Waals surface area (Å²) in [6.07, 6.45) is 3.52. The lowest BCUT2D eigenvalue weighted by Gasteiger charge is -2.06. The summed E-state index contributed by atoms with van der Waals surface area (Å²) >= 11 is 0. The second kappa shape index (κ2) is 4.88. The SMILES string of the molecule is CC1(C)CC1C(=O)Nc1ccc(/C=C/C(=O)O)cc1.